The monoisotopic (exact) mass is 333 g/mol. The molecule has 1 atom stereocenters. The highest BCUT2D eigenvalue weighted by Crippen LogP contribution is 2.18. The summed E-state index contributed by atoms with van der Waals surface area (Å²) in [5, 5.41) is 4.03. The lowest BCUT2D eigenvalue weighted by Gasteiger charge is -2.23. The van der Waals surface area contributed by atoms with Gasteiger partial charge in [0.05, 0.1) is 18.9 Å². The fourth-order valence-electron chi connectivity index (χ4n) is 2.67. The molecular weight excluding hydrogens is 314 g/mol. The molecule has 1 amide bonds. The Hall–Kier alpha value is -1.93. The van der Waals surface area contributed by atoms with Gasteiger partial charge >= 0.3 is 0 Å². The Morgan fingerprint density at radius 2 is 2.43 bits per heavy atom. The van der Waals surface area contributed by atoms with Crippen LogP contribution in [-0.4, -0.2) is 56.7 Å². The number of ether oxygens (including phenoxy) is 1. The summed E-state index contributed by atoms with van der Waals surface area (Å²) < 4.78 is 9.58. The Labute approximate surface area is 138 Å². The maximum Gasteiger partial charge on any atom is 0.267 e. The Kier molecular flexibility index (Phi) is 5.24. The van der Waals surface area contributed by atoms with Crippen molar-refractivity contribution >= 4 is 17.4 Å². The first-order chi connectivity index (χ1) is 11.3. The molecule has 3 heterocycles. The summed E-state index contributed by atoms with van der Waals surface area (Å²) in [7, 11) is 0. The molecular formula is C15H19N5O2S. The van der Waals surface area contributed by atoms with Crippen LogP contribution in [0.5, 0.6) is 0 Å². The Balaban J connectivity index is 1.71. The van der Waals surface area contributed by atoms with Crippen LogP contribution in [0.25, 0.3) is 0 Å². The lowest BCUT2D eigenvalue weighted by molar-refractivity contribution is 0.0741. The highest BCUT2D eigenvalue weighted by Gasteiger charge is 2.26. The largest absolute Gasteiger partial charge is 0.379 e. The number of aryl methyl sites for hydroxylation is 1. The molecule has 2 aromatic heterocycles. The van der Waals surface area contributed by atoms with Crippen molar-refractivity contribution in [1.82, 2.24) is 24.5 Å². The summed E-state index contributed by atoms with van der Waals surface area (Å²) in [6.45, 7) is 4.43. The molecule has 0 aliphatic carbocycles. The highest BCUT2D eigenvalue weighted by atomic mass is 32.1. The second-order valence-electron chi connectivity index (χ2n) is 5.50. The van der Waals surface area contributed by atoms with Gasteiger partial charge < -0.3 is 9.64 Å². The van der Waals surface area contributed by atoms with Crippen LogP contribution in [0.15, 0.2) is 18.6 Å². The fourth-order valence-corrected chi connectivity index (χ4v) is 3.39. The Morgan fingerprint density at radius 3 is 3.22 bits per heavy atom. The summed E-state index contributed by atoms with van der Waals surface area (Å²) in [5.41, 5.74) is 1.74. The van der Waals surface area contributed by atoms with Gasteiger partial charge in [-0.25, -0.2) is 9.97 Å². The minimum atomic E-state index is 0.00929. The van der Waals surface area contributed by atoms with Gasteiger partial charge in [0.25, 0.3) is 5.91 Å². The molecule has 1 aliphatic rings. The molecule has 23 heavy (non-hydrogen) atoms. The molecule has 7 nitrogen and oxygen atoms in total. The molecule has 1 fully saturated rings. The molecule has 0 bridgehead atoms. The van der Waals surface area contributed by atoms with Crippen molar-refractivity contribution in [2.45, 2.75) is 19.8 Å². The first kappa shape index (κ1) is 15.9. The molecule has 0 unspecified atom stereocenters. The van der Waals surface area contributed by atoms with E-state index < -0.39 is 0 Å². The van der Waals surface area contributed by atoms with E-state index in [1.54, 1.807) is 12.5 Å². The van der Waals surface area contributed by atoms with Gasteiger partial charge in [0.15, 0.2) is 0 Å². The maximum absolute atomic E-state index is 12.8. The van der Waals surface area contributed by atoms with E-state index in [-0.39, 0.29) is 11.8 Å². The molecule has 0 aromatic carbocycles. The zero-order valence-electron chi connectivity index (χ0n) is 13.0. The number of carbonyl (C=O) groups excluding carboxylic acids is 1. The average Bonchev–Trinajstić information content (AvgIpc) is 2.94. The normalized spacial score (nSPS) is 18.7. The van der Waals surface area contributed by atoms with Crippen LogP contribution in [0.1, 0.15) is 28.0 Å². The first-order valence-electron chi connectivity index (χ1n) is 7.71. The number of hydrogen-bond acceptors (Lipinski definition) is 7. The smallest absolute Gasteiger partial charge is 0.267 e. The summed E-state index contributed by atoms with van der Waals surface area (Å²) in [5.74, 6) is 0.234. The van der Waals surface area contributed by atoms with Gasteiger partial charge in [-0.05, 0) is 30.4 Å². The molecule has 3 rings (SSSR count). The van der Waals surface area contributed by atoms with Gasteiger partial charge in [0, 0.05) is 30.9 Å². The van der Waals surface area contributed by atoms with E-state index >= 15 is 0 Å². The lowest BCUT2D eigenvalue weighted by Crippen LogP contribution is -2.36. The van der Waals surface area contributed by atoms with Crippen LogP contribution in [0.3, 0.4) is 0 Å². The third-order valence-corrected chi connectivity index (χ3v) is 4.61. The third-order valence-electron chi connectivity index (χ3n) is 3.85. The predicted molar refractivity (Wildman–Crippen MR) is 85.2 cm³/mol. The van der Waals surface area contributed by atoms with Gasteiger partial charge in [-0.15, -0.1) is 5.10 Å². The van der Waals surface area contributed by atoms with Gasteiger partial charge in [0.1, 0.15) is 11.2 Å². The zero-order valence-corrected chi connectivity index (χ0v) is 13.8. The Morgan fingerprint density at radius 1 is 1.52 bits per heavy atom. The number of nitrogens with zero attached hydrogens (tertiary/aromatic N) is 5. The van der Waals surface area contributed by atoms with Gasteiger partial charge in [-0.3, -0.25) is 4.79 Å². The minimum Gasteiger partial charge on any atom is -0.379 e. The van der Waals surface area contributed by atoms with Crippen LogP contribution in [0.4, 0.5) is 0 Å². The molecule has 2 aromatic rings. The van der Waals surface area contributed by atoms with Gasteiger partial charge in [0.2, 0.25) is 0 Å². The summed E-state index contributed by atoms with van der Waals surface area (Å²) >= 11 is 1.17. The van der Waals surface area contributed by atoms with Crippen LogP contribution >= 0.6 is 11.5 Å². The number of hydrogen-bond donors (Lipinski definition) is 0. The average molecular weight is 333 g/mol. The lowest BCUT2D eigenvalue weighted by atomic mass is 10.0. The molecule has 0 N–H and O–H groups in total. The number of aromatic nitrogens is 4. The van der Waals surface area contributed by atoms with Gasteiger partial charge in [-0.1, -0.05) is 11.4 Å². The predicted octanol–water partition coefficient (Wildman–Crippen LogP) is 1.22. The molecule has 1 saturated heterocycles. The van der Waals surface area contributed by atoms with E-state index in [2.05, 4.69) is 19.6 Å². The van der Waals surface area contributed by atoms with Crippen LogP contribution in [0, 0.1) is 5.92 Å². The van der Waals surface area contributed by atoms with E-state index in [4.69, 9.17) is 4.74 Å². The summed E-state index contributed by atoms with van der Waals surface area (Å²) in [6, 6.07) is 1.90. The summed E-state index contributed by atoms with van der Waals surface area (Å²) in [6.07, 6.45) is 4.77. The van der Waals surface area contributed by atoms with E-state index in [1.165, 1.54) is 11.5 Å². The highest BCUT2D eigenvalue weighted by molar-refractivity contribution is 7.08. The third kappa shape index (κ3) is 3.89. The topological polar surface area (TPSA) is 81.1 Å². The standard InChI is InChI=1S/C15H19N5O2S/c1-2-13-14(23-19-18-13)15(21)20-5-6-22-9-11(8-20)7-12-3-4-16-10-17-12/h3-4,10-11H,2,5-9H2,1H3/t11-/m0/s1. The van der Waals surface area contributed by atoms with Crippen molar-refractivity contribution in [3.05, 3.63) is 34.9 Å². The van der Waals surface area contributed by atoms with Crippen molar-refractivity contribution in [1.29, 1.82) is 0 Å². The first-order valence-corrected chi connectivity index (χ1v) is 8.48. The maximum atomic E-state index is 12.8. The molecule has 0 radical (unpaired) electrons. The Bertz CT molecular complexity index is 648. The van der Waals surface area contributed by atoms with Gasteiger partial charge in [-0.2, -0.15) is 0 Å². The SMILES string of the molecule is CCc1nnsc1C(=O)N1CCOC[C@@H](Cc2ccncn2)C1. The minimum absolute atomic E-state index is 0.00929. The number of rotatable bonds is 4. The molecule has 0 spiro atoms. The van der Waals surface area contributed by atoms with E-state index in [0.717, 1.165) is 17.8 Å². The fraction of sp³-hybridized carbons (Fsp3) is 0.533. The van der Waals surface area contributed by atoms with Crippen molar-refractivity contribution < 1.29 is 9.53 Å². The van der Waals surface area contributed by atoms with Crippen LogP contribution in [-0.2, 0) is 17.6 Å². The molecule has 122 valence electrons. The van der Waals surface area contributed by atoms with Crippen molar-refractivity contribution in [2.24, 2.45) is 5.92 Å². The number of amides is 1. The quantitative estimate of drug-likeness (QED) is 0.837. The van der Waals surface area contributed by atoms with E-state index in [0.29, 0.717) is 37.6 Å². The van der Waals surface area contributed by atoms with E-state index in [9.17, 15) is 4.79 Å². The zero-order chi connectivity index (χ0) is 16.1. The molecule has 1 aliphatic heterocycles. The molecule has 0 saturated carbocycles. The number of carbonyl (C=O) groups is 1. The van der Waals surface area contributed by atoms with E-state index in [1.807, 2.05) is 17.9 Å². The second-order valence-corrected chi connectivity index (χ2v) is 6.25. The van der Waals surface area contributed by atoms with Crippen molar-refractivity contribution in [3.8, 4) is 0 Å². The van der Waals surface area contributed by atoms with Crippen molar-refractivity contribution in [2.75, 3.05) is 26.3 Å². The molecule has 8 heteroatoms. The summed E-state index contributed by atoms with van der Waals surface area (Å²) in [4.78, 5) is 23.5. The second kappa shape index (κ2) is 7.56. The van der Waals surface area contributed by atoms with Crippen LogP contribution in [0.2, 0.25) is 0 Å². The van der Waals surface area contributed by atoms with Crippen molar-refractivity contribution in [3.63, 3.8) is 0 Å². The van der Waals surface area contributed by atoms with Crippen LogP contribution < -0.4 is 0 Å².